The molecule has 0 radical (unpaired) electrons. The fourth-order valence-corrected chi connectivity index (χ4v) is 2.72. The topological polar surface area (TPSA) is 21.3 Å². The summed E-state index contributed by atoms with van der Waals surface area (Å²) < 4.78 is 6.22. The summed E-state index contributed by atoms with van der Waals surface area (Å²) in [7, 11) is 0. The molecular weight excluding hydrogens is 246 g/mol. The number of aryl methyl sites for hydroxylation is 2. The van der Waals surface area contributed by atoms with Gasteiger partial charge in [-0.15, -0.1) is 0 Å². The van der Waals surface area contributed by atoms with Crippen LogP contribution in [0.25, 0.3) is 0 Å². The third kappa shape index (κ3) is 4.24. The Balaban J connectivity index is 1.93. The van der Waals surface area contributed by atoms with Crippen molar-refractivity contribution < 1.29 is 4.74 Å². The highest BCUT2D eigenvalue weighted by molar-refractivity contribution is 5.38. The van der Waals surface area contributed by atoms with Crippen LogP contribution in [0.2, 0.25) is 0 Å². The van der Waals surface area contributed by atoms with Gasteiger partial charge in [-0.2, -0.15) is 0 Å². The number of fused-ring (bicyclic) bond motifs is 1. The first kappa shape index (κ1) is 15.4. The summed E-state index contributed by atoms with van der Waals surface area (Å²) in [5.74, 6) is 2.24. The highest BCUT2D eigenvalue weighted by Gasteiger charge is 2.17. The molecule has 1 unspecified atom stereocenters. The zero-order valence-corrected chi connectivity index (χ0v) is 13.4. The molecular formula is C18H29NO. The maximum Gasteiger partial charge on any atom is 0.120 e. The van der Waals surface area contributed by atoms with E-state index in [9.17, 15) is 0 Å². The van der Waals surface area contributed by atoms with Gasteiger partial charge in [0.15, 0.2) is 0 Å². The van der Waals surface area contributed by atoms with Crippen LogP contribution in [0.4, 0.5) is 0 Å². The van der Waals surface area contributed by atoms with Gasteiger partial charge in [0.05, 0.1) is 0 Å². The molecule has 0 spiro atoms. The van der Waals surface area contributed by atoms with E-state index in [1.165, 1.54) is 30.4 Å². The highest BCUT2D eigenvalue weighted by atomic mass is 16.5. The number of hydrogen-bond donors (Lipinski definition) is 1. The summed E-state index contributed by atoms with van der Waals surface area (Å²) in [6, 6.07) is 6.64. The van der Waals surface area contributed by atoms with Crippen LogP contribution in [-0.4, -0.2) is 19.2 Å². The van der Waals surface area contributed by atoms with Gasteiger partial charge in [0, 0.05) is 6.54 Å². The van der Waals surface area contributed by atoms with E-state index < -0.39 is 0 Å². The Kier molecular flexibility index (Phi) is 5.47. The molecule has 1 aliphatic carbocycles. The zero-order valence-electron chi connectivity index (χ0n) is 13.4. The van der Waals surface area contributed by atoms with Crippen LogP contribution < -0.4 is 10.1 Å². The lowest BCUT2D eigenvalue weighted by Crippen LogP contribution is -2.36. The van der Waals surface area contributed by atoms with Gasteiger partial charge in [-0.3, -0.25) is 0 Å². The van der Waals surface area contributed by atoms with Crippen molar-refractivity contribution in [2.45, 2.75) is 53.1 Å². The van der Waals surface area contributed by atoms with Gasteiger partial charge in [-0.05, 0) is 60.9 Å². The molecule has 1 atom stereocenters. The van der Waals surface area contributed by atoms with Crippen molar-refractivity contribution in [3.63, 3.8) is 0 Å². The summed E-state index contributed by atoms with van der Waals surface area (Å²) >= 11 is 0. The van der Waals surface area contributed by atoms with Crippen molar-refractivity contribution in [3.05, 3.63) is 29.3 Å². The van der Waals surface area contributed by atoms with Crippen LogP contribution in [0.15, 0.2) is 18.2 Å². The highest BCUT2D eigenvalue weighted by Crippen LogP contribution is 2.27. The average Bonchev–Trinajstić information content (AvgIpc) is 2.84. The molecule has 0 heterocycles. The molecule has 1 aromatic carbocycles. The molecule has 1 aliphatic rings. The summed E-state index contributed by atoms with van der Waals surface area (Å²) in [4.78, 5) is 0. The average molecular weight is 275 g/mol. The van der Waals surface area contributed by atoms with E-state index in [4.69, 9.17) is 4.74 Å². The SMILES string of the molecule is CC(C)CNCC(Oc1ccc2c(c1)CCC2)C(C)C. The van der Waals surface area contributed by atoms with Gasteiger partial charge in [0.2, 0.25) is 0 Å². The normalized spacial score (nSPS) is 15.7. The molecule has 0 saturated heterocycles. The predicted octanol–water partition coefficient (Wildman–Crippen LogP) is 3.82. The van der Waals surface area contributed by atoms with Crippen LogP contribution >= 0.6 is 0 Å². The Bertz CT molecular complexity index is 425. The predicted molar refractivity (Wildman–Crippen MR) is 85.4 cm³/mol. The molecule has 0 aliphatic heterocycles. The Morgan fingerprint density at radius 3 is 2.50 bits per heavy atom. The zero-order chi connectivity index (χ0) is 14.5. The summed E-state index contributed by atoms with van der Waals surface area (Å²) in [6.07, 6.45) is 3.99. The van der Waals surface area contributed by atoms with Gasteiger partial charge >= 0.3 is 0 Å². The van der Waals surface area contributed by atoms with Crippen molar-refractivity contribution in [3.8, 4) is 5.75 Å². The number of ether oxygens (including phenoxy) is 1. The molecule has 1 N–H and O–H groups in total. The second-order valence-electron chi connectivity index (χ2n) is 6.74. The van der Waals surface area contributed by atoms with Crippen molar-refractivity contribution in [2.75, 3.05) is 13.1 Å². The van der Waals surface area contributed by atoms with Crippen LogP contribution in [0.3, 0.4) is 0 Å². The Hall–Kier alpha value is -1.02. The van der Waals surface area contributed by atoms with E-state index in [0.717, 1.165) is 18.8 Å². The standard InChI is InChI=1S/C18H29NO/c1-13(2)11-19-12-18(14(3)4)20-17-9-8-15-6-5-7-16(15)10-17/h8-10,13-14,18-19H,5-7,11-12H2,1-4H3. The molecule has 0 aromatic heterocycles. The summed E-state index contributed by atoms with van der Waals surface area (Å²) in [6.45, 7) is 10.9. The van der Waals surface area contributed by atoms with Crippen molar-refractivity contribution in [1.82, 2.24) is 5.32 Å². The minimum absolute atomic E-state index is 0.244. The minimum atomic E-state index is 0.244. The number of rotatable bonds is 7. The second kappa shape index (κ2) is 7.12. The smallest absolute Gasteiger partial charge is 0.120 e. The maximum absolute atomic E-state index is 6.22. The molecule has 112 valence electrons. The van der Waals surface area contributed by atoms with Crippen LogP contribution in [-0.2, 0) is 12.8 Å². The quantitative estimate of drug-likeness (QED) is 0.816. The van der Waals surface area contributed by atoms with Crippen LogP contribution in [0.5, 0.6) is 5.75 Å². The number of hydrogen-bond acceptors (Lipinski definition) is 2. The Labute approximate surface area is 123 Å². The van der Waals surface area contributed by atoms with Gasteiger partial charge in [0.25, 0.3) is 0 Å². The number of benzene rings is 1. The molecule has 2 heteroatoms. The first-order chi connectivity index (χ1) is 9.56. The van der Waals surface area contributed by atoms with Crippen molar-refractivity contribution in [2.24, 2.45) is 11.8 Å². The summed E-state index contributed by atoms with van der Waals surface area (Å²) in [5.41, 5.74) is 3.00. The van der Waals surface area contributed by atoms with Gasteiger partial charge in [-0.1, -0.05) is 33.8 Å². The molecule has 0 saturated carbocycles. The van der Waals surface area contributed by atoms with E-state index in [2.05, 4.69) is 51.2 Å². The van der Waals surface area contributed by atoms with E-state index in [1.54, 1.807) is 0 Å². The van der Waals surface area contributed by atoms with Crippen LogP contribution in [0.1, 0.15) is 45.2 Å². The van der Waals surface area contributed by atoms with Crippen molar-refractivity contribution >= 4 is 0 Å². The lowest BCUT2D eigenvalue weighted by atomic mass is 10.1. The van der Waals surface area contributed by atoms with Gasteiger partial charge < -0.3 is 10.1 Å². The monoisotopic (exact) mass is 275 g/mol. The fraction of sp³-hybridized carbons (Fsp3) is 0.667. The molecule has 0 amide bonds. The first-order valence-corrected chi connectivity index (χ1v) is 8.05. The van der Waals surface area contributed by atoms with E-state index in [-0.39, 0.29) is 6.10 Å². The minimum Gasteiger partial charge on any atom is -0.489 e. The van der Waals surface area contributed by atoms with E-state index in [0.29, 0.717) is 11.8 Å². The van der Waals surface area contributed by atoms with Crippen LogP contribution in [0, 0.1) is 11.8 Å². The molecule has 20 heavy (non-hydrogen) atoms. The fourth-order valence-electron chi connectivity index (χ4n) is 2.72. The first-order valence-electron chi connectivity index (χ1n) is 8.05. The third-order valence-electron chi connectivity index (χ3n) is 4.00. The molecule has 1 aromatic rings. The Morgan fingerprint density at radius 1 is 1.05 bits per heavy atom. The molecule has 2 nitrogen and oxygen atoms in total. The molecule has 0 fully saturated rings. The lowest BCUT2D eigenvalue weighted by Gasteiger charge is -2.24. The van der Waals surface area contributed by atoms with Gasteiger partial charge in [0.1, 0.15) is 11.9 Å². The molecule has 2 rings (SSSR count). The second-order valence-corrected chi connectivity index (χ2v) is 6.74. The van der Waals surface area contributed by atoms with Gasteiger partial charge in [-0.25, -0.2) is 0 Å². The van der Waals surface area contributed by atoms with Crippen molar-refractivity contribution in [1.29, 1.82) is 0 Å². The third-order valence-corrected chi connectivity index (χ3v) is 4.00. The maximum atomic E-state index is 6.22. The van der Waals surface area contributed by atoms with E-state index in [1.807, 2.05) is 0 Å². The Morgan fingerprint density at radius 2 is 1.80 bits per heavy atom. The van der Waals surface area contributed by atoms with E-state index >= 15 is 0 Å². The molecule has 0 bridgehead atoms. The number of nitrogens with one attached hydrogen (secondary N) is 1. The lowest BCUT2D eigenvalue weighted by molar-refractivity contribution is 0.148. The summed E-state index contributed by atoms with van der Waals surface area (Å²) in [5, 5.41) is 3.51. The largest absolute Gasteiger partial charge is 0.489 e.